The molecule has 74 valence electrons. The third-order valence-electron chi connectivity index (χ3n) is 1.82. The molecule has 4 heteroatoms. The van der Waals surface area contributed by atoms with Gasteiger partial charge in [-0.1, -0.05) is 0 Å². The fourth-order valence-corrected chi connectivity index (χ4v) is 2.77. The normalized spacial score (nSPS) is 10.8. The second-order valence-electron chi connectivity index (χ2n) is 2.81. The smallest absolute Gasteiger partial charge is 0.177 e. The Morgan fingerprint density at radius 3 is 2.93 bits per heavy atom. The molecule has 0 aliphatic rings. The molecule has 0 aliphatic carbocycles. The van der Waals surface area contributed by atoms with Gasteiger partial charge in [-0.15, -0.1) is 11.3 Å². The molecular formula is C10H8FIOS. The number of thiophene rings is 1. The summed E-state index contributed by atoms with van der Waals surface area (Å²) in [6, 6.07) is 5.44. The minimum Gasteiger partial charge on any atom is -0.492 e. The molecule has 0 unspecified atom stereocenters. The van der Waals surface area contributed by atoms with Crippen molar-refractivity contribution in [2.45, 2.75) is 6.92 Å². The summed E-state index contributed by atoms with van der Waals surface area (Å²) in [7, 11) is 0. The molecule has 0 saturated carbocycles. The van der Waals surface area contributed by atoms with E-state index >= 15 is 0 Å². The van der Waals surface area contributed by atoms with E-state index in [1.165, 1.54) is 0 Å². The van der Waals surface area contributed by atoms with Crippen LogP contribution in [0.1, 0.15) is 6.92 Å². The van der Waals surface area contributed by atoms with Crippen LogP contribution < -0.4 is 4.74 Å². The molecule has 0 amide bonds. The van der Waals surface area contributed by atoms with Crippen molar-refractivity contribution >= 4 is 44.0 Å². The Bertz CT molecular complexity index is 466. The van der Waals surface area contributed by atoms with E-state index < -0.39 is 0 Å². The van der Waals surface area contributed by atoms with Gasteiger partial charge in [0.2, 0.25) is 0 Å². The highest BCUT2D eigenvalue weighted by Crippen LogP contribution is 2.34. The number of benzene rings is 1. The average Bonchev–Trinajstić information content (AvgIpc) is 2.45. The fourth-order valence-electron chi connectivity index (χ4n) is 1.32. The maximum Gasteiger partial charge on any atom is 0.177 e. The molecule has 0 fully saturated rings. The molecule has 2 aromatic rings. The van der Waals surface area contributed by atoms with Gasteiger partial charge in [0.05, 0.1) is 11.3 Å². The Morgan fingerprint density at radius 2 is 2.21 bits per heavy atom. The van der Waals surface area contributed by atoms with E-state index in [9.17, 15) is 4.39 Å². The van der Waals surface area contributed by atoms with Crippen molar-refractivity contribution in [2.75, 3.05) is 6.61 Å². The van der Waals surface area contributed by atoms with Gasteiger partial charge in [-0.3, -0.25) is 0 Å². The Hall–Kier alpha value is -0.360. The van der Waals surface area contributed by atoms with Gasteiger partial charge in [-0.25, -0.2) is 0 Å². The lowest BCUT2D eigenvalue weighted by atomic mass is 10.2. The molecule has 1 aromatic heterocycles. The van der Waals surface area contributed by atoms with Gasteiger partial charge in [0.1, 0.15) is 5.75 Å². The molecule has 0 saturated heterocycles. The van der Waals surface area contributed by atoms with Crippen LogP contribution in [0.4, 0.5) is 4.39 Å². The molecule has 1 nitrogen and oxygen atoms in total. The highest BCUT2D eigenvalue weighted by molar-refractivity contribution is 14.1. The van der Waals surface area contributed by atoms with Crippen molar-refractivity contribution in [1.29, 1.82) is 0 Å². The van der Waals surface area contributed by atoms with Gasteiger partial charge in [-0.05, 0) is 47.7 Å². The van der Waals surface area contributed by atoms with Crippen molar-refractivity contribution in [2.24, 2.45) is 0 Å². The first-order valence-corrected chi connectivity index (χ1v) is 6.11. The summed E-state index contributed by atoms with van der Waals surface area (Å²) in [6.07, 6.45) is 0. The summed E-state index contributed by atoms with van der Waals surface area (Å²) in [5.74, 6) is 0.781. The molecule has 0 spiro atoms. The van der Waals surface area contributed by atoms with Gasteiger partial charge < -0.3 is 4.74 Å². The predicted molar refractivity (Wildman–Crippen MR) is 65.7 cm³/mol. The molecule has 0 atom stereocenters. The fraction of sp³-hybridized carbons (Fsp3) is 0.200. The van der Waals surface area contributed by atoms with E-state index in [2.05, 4.69) is 22.6 Å². The molecule has 1 heterocycles. The van der Waals surface area contributed by atoms with Crippen molar-refractivity contribution in [3.05, 3.63) is 26.9 Å². The second kappa shape index (κ2) is 4.02. The number of hydrogen-bond acceptors (Lipinski definition) is 2. The first kappa shape index (κ1) is 10.2. The molecule has 0 N–H and O–H groups in total. The van der Waals surface area contributed by atoms with Crippen LogP contribution in [0.2, 0.25) is 0 Å². The minimum absolute atomic E-state index is 0.164. The number of rotatable bonds is 2. The van der Waals surface area contributed by atoms with Gasteiger partial charge in [0.25, 0.3) is 0 Å². The first-order valence-electron chi connectivity index (χ1n) is 4.22. The van der Waals surface area contributed by atoms with Crippen LogP contribution in [0.5, 0.6) is 5.75 Å². The Kier molecular flexibility index (Phi) is 2.92. The lowest BCUT2D eigenvalue weighted by molar-refractivity contribution is 0.344. The standard InChI is InChI=1S/C10H8FIOS/c1-2-13-8-5-7(12)3-6-4-9(11)14-10(6)8/h3-5H,2H2,1H3. The van der Waals surface area contributed by atoms with Gasteiger partial charge in [0, 0.05) is 8.96 Å². The lowest BCUT2D eigenvalue weighted by Crippen LogP contribution is -1.91. The number of halogens is 2. The van der Waals surface area contributed by atoms with Crippen LogP contribution in [-0.2, 0) is 0 Å². The summed E-state index contributed by atoms with van der Waals surface area (Å²) in [5.41, 5.74) is 0. The first-order chi connectivity index (χ1) is 6.70. The lowest BCUT2D eigenvalue weighted by Gasteiger charge is -2.04. The predicted octanol–water partition coefficient (Wildman–Crippen LogP) is 4.04. The highest BCUT2D eigenvalue weighted by atomic mass is 127. The van der Waals surface area contributed by atoms with E-state index in [1.54, 1.807) is 6.07 Å². The SMILES string of the molecule is CCOc1cc(I)cc2cc(F)sc12. The van der Waals surface area contributed by atoms with E-state index in [4.69, 9.17) is 4.74 Å². The van der Waals surface area contributed by atoms with E-state index in [0.29, 0.717) is 6.61 Å². The minimum atomic E-state index is -0.164. The third kappa shape index (κ3) is 1.86. The maximum absolute atomic E-state index is 13.0. The Labute approximate surface area is 99.0 Å². The van der Waals surface area contributed by atoms with Crippen LogP contribution in [0.3, 0.4) is 0 Å². The van der Waals surface area contributed by atoms with Gasteiger partial charge in [0.15, 0.2) is 5.13 Å². The summed E-state index contributed by atoms with van der Waals surface area (Å²) in [5, 5.41) is 0.755. The number of hydrogen-bond donors (Lipinski definition) is 0. The van der Waals surface area contributed by atoms with Crippen LogP contribution in [0.15, 0.2) is 18.2 Å². The molecule has 2 rings (SSSR count). The second-order valence-corrected chi connectivity index (χ2v) is 5.05. The third-order valence-corrected chi connectivity index (χ3v) is 3.39. The van der Waals surface area contributed by atoms with Gasteiger partial charge >= 0.3 is 0 Å². The monoisotopic (exact) mass is 322 g/mol. The van der Waals surface area contributed by atoms with E-state index in [0.717, 1.165) is 30.7 Å². The molecule has 0 aliphatic heterocycles. The Balaban J connectivity index is 2.66. The summed E-state index contributed by atoms with van der Waals surface area (Å²) in [6.45, 7) is 2.53. The Morgan fingerprint density at radius 1 is 1.43 bits per heavy atom. The summed E-state index contributed by atoms with van der Waals surface area (Å²) in [4.78, 5) is 0. The average molecular weight is 322 g/mol. The molecule has 0 bridgehead atoms. The van der Waals surface area contributed by atoms with Gasteiger partial charge in [-0.2, -0.15) is 4.39 Å². The van der Waals surface area contributed by atoms with E-state index in [1.807, 2.05) is 19.1 Å². The van der Waals surface area contributed by atoms with Crippen LogP contribution in [0, 0.1) is 8.70 Å². The zero-order valence-corrected chi connectivity index (χ0v) is 10.5. The van der Waals surface area contributed by atoms with Crippen molar-refractivity contribution in [3.8, 4) is 5.75 Å². The highest BCUT2D eigenvalue weighted by Gasteiger charge is 2.08. The number of ether oxygens (including phenoxy) is 1. The van der Waals surface area contributed by atoms with Crippen molar-refractivity contribution in [3.63, 3.8) is 0 Å². The largest absolute Gasteiger partial charge is 0.492 e. The quantitative estimate of drug-likeness (QED) is 0.758. The molecule has 0 radical (unpaired) electrons. The van der Waals surface area contributed by atoms with Crippen LogP contribution in [0.25, 0.3) is 10.1 Å². The summed E-state index contributed by atoms with van der Waals surface area (Å²) < 4.78 is 20.4. The van der Waals surface area contributed by atoms with Crippen molar-refractivity contribution < 1.29 is 9.13 Å². The topological polar surface area (TPSA) is 9.23 Å². The van der Waals surface area contributed by atoms with Crippen molar-refractivity contribution in [1.82, 2.24) is 0 Å². The number of fused-ring (bicyclic) bond motifs is 1. The summed E-state index contributed by atoms with van der Waals surface area (Å²) >= 11 is 3.34. The maximum atomic E-state index is 13.0. The van der Waals surface area contributed by atoms with Crippen LogP contribution >= 0.6 is 33.9 Å². The molecule has 1 aromatic carbocycles. The zero-order valence-electron chi connectivity index (χ0n) is 7.51. The van der Waals surface area contributed by atoms with Crippen LogP contribution in [-0.4, -0.2) is 6.61 Å². The van der Waals surface area contributed by atoms with E-state index in [-0.39, 0.29) is 5.13 Å². The molecular weight excluding hydrogens is 314 g/mol. The zero-order chi connectivity index (χ0) is 10.1. The molecule has 14 heavy (non-hydrogen) atoms.